The van der Waals surface area contributed by atoms with Gasteiger partial charge in [-0.2, -0.15) is 0 Å². The highest BCUT2D eigenvalue weighted by Gasteiger charge is 2.18. The topological polar surface area (TPSA) is 23.5 Å². The van der Waals surface area contributed by atoms with E-state index in [2.05, 4.69) is 0 Å². The third-order valence-corrected chi connectivity index (χ3v) is 1.70. The lowest BCUT2D eigenvalue weighted by atomic mass is 10.4. The van der Waals surface area contributed by atoms with E-state index in [1.807, 2.05) is 0 Å². The minimum absolute atomic E-state index is 0.639. The molecular formula is C6H12FNO. The number of aliphatic hydroxyl groups is 1. The molecule has 0 saturated carbocycles. The van der Waals surface area contributed by atoms with Crippen LogP contribution >= 0.6 is 0 Å². The molecule has 0 aromatic carbocycles. The van der Waals surface area contributed by atoms with Crippen LogP contribution in [0.2, 0.25) is 0 Å². The van der Waals surface area contributed by atoms with Crippen molar-refractivity contribution in [2.75, 3.05) is 19.8 Å². The fourth-order valence-electron chi connectivity index (χ4n) is 1.14. The second kappa shape index (κ2) is 3.13. The Kier molecular flexibility index (Phi) is 2.42. The van der Waals surface area contributed by atoms with Gasteiger partial charge in [0.2, 0.25) is 0 Å². The van der Waals surface area contributed by atoms with Gasteiger partial charge in [-0.05, 0) is 12.8 Å². The number of alkyl halides is 1. The van der Waals surface area contributed by atoms with Crippen LogP contribution < -0.4 is 0 Å². The minimum Gasteiger partial charge on any atom is -0.376 e. The molecule has 1 rings (SSSR count). The molecule has 0 radical (unpaired) electrons. The van der Waals surface area contributed by atoms with Crippen LogP contribution in [0, 0.1) is 0 Å². The molecular weight excluding hydrogens is 121 g/mol. The van der Waals surface area contributed by atoms with Crippen LogP contribution in [-0.2, 0) is 0 Å². The molecule has 1 heterocycles. The molecule has 0 aromatic heterocycles. The van der Waals surface area contributed by atoms with E-state index in [4.69, 9.17) is 5.11 Å². The average Bonchev–Trinajstić information content (AvgIpc) is 2.37. The van der Waals surface area contributed by atoms with Crippen molar-refractivity contribution in [3.63, 3.8) is 0 Å². The van der Waals surface area contributed by atoms with Crippen molar-refractivity contribution < 1.29 is 9.50 Å². The monoisotopic (exact) mass is 133 g/mol. The van der Waals surface area contributed by atoms with E-state index < -0.39 is 12.9 Å². The van der Waals surface area contributed by atoms with Gasteiger partial charge in [0.25, 0.3) is 0 Å². The number of halogens is 1. The fourth-order valence-corrected chi connectivity index (χ4v) is 1.14. The maximum absolute atomic E-state index is 11.7. The SMILES string of the molecule is OC(CF)N1CCCC1. The summed E-state index contributed by atoms with van der Waals surface area (Å²) in [6.45, 7) is 1.07. The zero-order valence-electron chi connectivity index (χ0n) is 5.39. The highest BCUT2D eigenvalue weighted by Crippen LogP contribution is 2.09. The Morgan fingerprint density at radius 1 is 1.44 bits per heavy atom. The summed E-state index contributed by atoms with van der Waals surface area (Å²) in [6, 6.07) is 0. The third-order valence-electron chi connectivity index (χ3n) is 1.70. The first kappa shape index (κ1) is 6.96. The lowest BCUT2D eigenvalue weighted by molar-refractivity contribution is 0.00192. The third kappa shape index (κ3) is 1.63. The van der Waals surface area contributed by atoms with E-state index in [1.165, 1.54) is 0 Å². The molecule has 9 heavy (non-hydrogen) atoms. The molecule has 0 amide bonds. The minimum atomic E-state index is -0.840. The standard InChI is InChI=1S/C6H12FNO/c7-5-6(9)8-3-1-2-4-8/h6,9H,1-5H2. The van der Waals surface area contributed by atoms with Gasteiger partial charge in [-0.25, -0.2) is 4.39 Å². The van der Waals surface area contributed by atoms with E-state index in [0.29, 0.717) is 0 Å². The van der Waals surface area contributed by atoms with Gasteiger partial charge in [0, 0.05) is 13.1 Å². The molecule has 3 heteroatoms. The summed E-state index contributed by atoms with van der Waals surface area (Å²) in [6.07, 6.45) is 1.35. The molecule has 0 aliphatic carbocycles. The van der Waals surface area contributed by atoms with Crippen LogP contribution in [0.1, 0.15) is 12.8 Å². The summed E-state index contributed by atoms with van der Waals surface area (Å²) in [5.74, 6) is 0. The van der Waals surface area contributed by atoms with Crippen molar-refractivity contribution in [1.29, 1.82) is 0 Å². The van der Waals surface area contributed by atoms with Gasteiger partial charge in [-0.3, -0.25) is 4.90 Å². The van der Waals surface area contributed by atoms with E-state index >= 15 is 0 Å². The van der Waals surface area contributed by atoms with Crippen LogP contribution in [-0.4, -0.2) is 36.0 Å². The van der Waals surface area contributed by atoms with Crippen molar-refractivity contribution in [3.8, 4) is 0 Å². The fraction of sp³-hybridized carbons (Fsp3) is 1.00. The maximum Gasteiger partial charge on any atom is 0.136 e. The first-order valence-electron chi connectivity index (χ1n) is 3.32. The van der Waals surface area contributed by atoms with E-state index in [0.717, 1.165) is 25.9 Å². The summed E-state index contributed by atoms with van der Waals surface area (Å²) in [5, 5.41) is 8.91. The van der Waals surface area contributed by atoms with E-state index in [-0.39, 0.29) is 0 Å². The van der Waals surface area contributed by atoms with Crippen molar-refractivity contribution in [2.45, 2.75) is 19.1 Å². The van der Waals surface area contributed by atoms with Gasteiger partial charge >= 0.3 is 0 Å². The number of hydrogen-bond donors (Lipinski definition) is 1. The van der Waals surface area contributed by atoms with Gasteiger partial charge in [0.05, 0.1) is 0 Å². The molecule has 2 nitrogen and oxygen atoms in total. The second-order valence-electron chi connectivity index (χ2n) is 2.38. The number of rotatable bonds is 2. The Morgan fingerprint density at radius 2 is 2.00 bits per heavy atom. The molecule has 54 valence electrons. The Hall–Kier alpha value is -0.150. The molecule has 1 aliphatic heterocycles. The van der Waals surface area contributed by atoms with Crippen molar-refractivity contribution in [3.05, 3.63) is 0 Å². The average molecular weight is 133 g/mol. The number of likely N-dealkylation sites (tertiary alicyclic amines) is 1. The summed E-state index contributed by atoms with van der Waals surface area (Å²) in [7, 11) is 0. The number of aliphatic hydroxyl groups excluding tert-OH is 1. The van der Waals surface area contributed by atoms with Gasteiger partial charge in [0.15, 0.2) is 0 Å². The summed E-state index contributed by atoms with van der Waals surface area (Å²) < 4.78 is 11.7. The van der Waals surface area contributed by atoms with Crippen LogP contribution in [0.4, 0.5) is 4.39 Å². The summed E-state index contributed by atoms with van der Waals surface area (Å²) in [5.41, 5.74) is 0. The zero-order valence-corrected chi connectivity index (χ0v) is 5.39. The first-order chi connectivity index (χ1) is 4.34. The quantitative estimate of drug-likeness (QED) is 0.588. The molecule has 0 bridgehead atoms. The highest BCUT2D eigenvalue weighted by atomic mass is 19.1. The van der Waals surface area contributed by atoms with Gasteiger partial charge in [-0.15, -0.1) is 0 Å². The molecule has 1 aliphatic rings. The van der Waals surface area contributed by atoms with Crippen molar-refractivity contribution >= 4 is 0 Å². The van der Waals surface area contributed by atoms with Crippen molar-refractivity contribution in [2.24, 2.45) is 0 Å². The van der Waals surface area contributed by atoms with Gasteiger partial charge in [0.1, 0.15) is 12.9 Å². The van der Waals surface area contributed by atoms with E-state index in [1.54, 1.807) is 4.90 Å². The van der Waals surface area contributed by atoms with Crippen molar-refractivity contribution in [1.82, 2.24) is 4.90 Å². The lowest BCUT2D eigenvalue weighted by Crippen LogP contribution is -2.33. The molecule has 0 spiro atoms. The van der Waals surface area contributed by atoms with Crippen LogP contribution in [0.15, 0.2) is 0 Å². The lowest BCUT2D eigenvalue weighted by Gasteiger charge is -2.18. The molecule has 1 unspecified atom stereocenters. The number of nitrogens with zero attached hydrogens (tertiary/aromatic N) is 1. The predicted molar refractivity (Wildman–Crippen MR) is 32.8 cm³/mol. The smallest absolute Gasteiger partial charge is 0.136 e. The highest BCUT2D eigenvalue weighted by molar-refractivity contribution is 4.67. The van der Waals surface area contributed by atoms with Crippen LogP contribution in [0.3, 0.4) is 0 Å². The normalized spacial score (nSPS) is 24.7. The second-order valence-corrected chi connectivity index (χ2v) is 2.38. The number of hydrogen-bond acceptors (Lipinski definition) is 2. The summed E-state index contributed by atoms with van der Waals surface area (Å²) in [4.78, 5) is 1.76. The Bertz CT molecular complexity index is 83.1. The molecule has 1 N–H and O–H groups in total. The maximum atomic E-state index is 11.7. The summed E-state index contributed by atoms with van der Waals surface area (Å²) >= 11 is 0. The Morgan fingerprint density at radius 3 is 2.44 bits per heavy atom. The molecule has 1 saturated heterocycles. The van der Waals surface area contributed by atoms with E-state index in [9.17, 15) is 4.39 Å². The Labute approximate surface area is 54.3 Å². The first-order valence-corrected chi connectivity index (χ1v) is 3.32. The van der Waals surface area contributed by atoms with Crippen LogP contribution in [0.5, 0.6) is 0 Å². The zero-order chi connectivity index (χ0) is 6.69. The van der Waals surface area contributed by atoms with Gasteiger partial charge < -0.3 is 5.11 Å². The van der Waals surface area contributed by atoms with Crippen LogP contribution in [0.25, 0.3) is 0 Å². The van der Waals surface area contributed by atoms with Gasteiger partial charge in [-0.1, -0.05) is 0 Å². The molecule has 1 atom stereocenters. The molecule has 0 aromatic rings. The Balaban J connectivity index is 2.24. The largest absolute Gasteiger partial charge is 0.376 e. The predicted octanol–water partition coefficient (Wildman–Crippen LogP) is 0.370. The molecule has 1 fully saturated rings.